The molecule has 0 spiro atoms. The number of hydrogen-bond acceptors (Lipinski definition) is 4. The van der Waals surface area contributed by atoms with Crippen LogP contribution in [-0.4, -0.2) is 23.5 Å². The van der Waals surface area contributed by atoms with Crippen LogP contribution in [0.25, 0.3) is 0 Å². The molecule has 0 fully saturated rings. The number of anilines is 2. The van der Waals surface area contributed by atoms with Gasteiger partial charge in [0, 0.05) is 6.54 Å². The topological polar surface area (TPSA) is 50.9 Å². The second kappa shape index (κ2) is 6.54. The molecule has 14 heavy (non-hydrogen) atoms. The number of thioether (sulfide) groups is 1. The zero-order valence-corrected chi connectivity index (χ0v) is 9.31. The van der Waals surface area contributed by atoms with Gasteiger partial charge in [0.15, 0.2) is 0 Å². The van der Waals surface area contributed by atoms with Gasteiger partial charge in [0.25, 0.3) is 0 Å². The largest absolute Gasteiger partial charge is 0.397 e. The van der Waals surface area contributed by atoms with Crippen LogP contribution in [0.15, 0.2) is 18.3 Å². The van der Waals surface area contributed by atoms with Crippen LogP contribution < -0.4 is 11.1 Å². The second-order valence-corrected chi connectivity index (χ2v) is 4.09. The monoisotopic (exact) mass is 211 g/mol. The van der Waals surface area contributed by atoms with Gasteiger partial charge in [0.1, 0.15) is 5.82 Å². The van der Waals surface area contributed by atoms with E-state index in [4.69, 9.17) is 5.73 Å². The van der Waals surface area contributed by atoms with E-state index in [2.05, 4.69) is 16.6 Å². The van der Waals surface area contributed by atoms with Gasteiger partial charge >= 0.3 is 0 Å². The molecule has 3 nitrogen and oxygen atoms in total. The van der Waals surface area contributed by atoms with E-state index in [9.17, 15) is 0 Å². The number of aromatic nitrogens is 1. The first-order valence-electron chi connectivity index (χ1n) is 4.77. The standard InChI is InChI=1S/C10H17N3S/c1-14-7-3-2-6-12-10-5-4-9(11)8-13-10/h4-5,8H,2-3,6-7,11H2,1H3,(H,12,13). The average Bonchev–Trinajstić information content (AvgIpc) is 2.21. The van der Waals surface area contributed by atoms with Crippen LogP contribution in [0.1, 0.15) is 12.8 Å². The number of rotatable bonds is 6. The number of nitrogens with zero attached hydrogens (tertiary/aromatic N) is 1. The molecule has 0 saturated carbocycles. The minimum Gasteiger partial charge on any atom is -0.397 e. The van der Waals surface area contributed by atoms with Gasteiger partial charge in [0.2, 0.25) is 0 Å². The SMILES string of the molecule is CSCCCCNc1ccc(N)cn1. The van der Waals surface area contributed by atoms with Crippen molar-refractivity contribution in [3.8, 4) is 0 Å². The van der Waals surface area contributed by atoms with Crippen LogP contribution in [-0.2, 0) is 0 Å². The fourth-order valence-corrected chi connectivity index (χ4v) is 1.59. The van der Waals surface area contributed by atoms with Gasteiger partial charge in [-0.2, -0.15) is 11.8 Å². The summed E-state index contributed by atoms with van der Waals surface area (Å²) in [6.45, 7) is 0.984. The summed E-state index contributed by atoms with van der Waals surface area (Å²) in [7, 11) is 0. The van der Waals surface area contributed by atoms with Crippen molar-refractivity contribution in [2.45, 2.75) is 12.8 Å². The summed E-state index contributed by atoms with van der Waals surface area (Å²) in [6, 6.07) is 3.77. The van der Waals surface area contributed by atoms with Crippen molar-refractivity contribution in [3.63, 3.8) is 0 Å². The number of pyridine rings is 1. The molecule has 78 valence electrons. The maximum atomic E-state index is 5.53. The van der Waals surface area contributed by atoms with Crippen LogP contribution >= 0.6 is 11.8 Å². The van der Waals surface area contributed by atoms with Gasteiger partial charge in [-0.25, -0.2) is 4.98 Å². The summed E-state index contributed by atoms with van der Waals surface area (Å²) in [5, 5.41) is 3.25. The van der Waals surface area contributed by atoms with E-state index in [-0.39, 0.29) is 0 Å². The van der Waals surface area contributed by atoms with E-state index in [0.717, 1.165) is 12.4 Å². The lowest BCUT2D eigenvalue weighted by Gasteiger charge is -2.04. The molecule has 0 saturated heterocycles. The van der Waals surface area contributed by atoms with Gasteiger partial charge in [0.05, 0.1) is 11.9 Å². The van der Waals surface area contributed by atoms with E-state index < -0.39 is 0 Å². The summed E-state index contributed by atoms with van der Waals surface area (Å²) < 4.78 is 0. The molecule has 1 aromatic heterocycles. The van der Waals surface area contributed by atoms with Crippen LogP contribution in [0.3, 0.4) is 0 Å². The first-order valence-corrected chi connectivity index (χ1v) is 6.16. The molecule has 3 N–H and O–H groups in total. The molecule has 0 aromatic carbocycles. The molecule has 0 amide bonds. The predicted molar refractivity (Wildman–Crippen MR) is 64.8 cm³/mol. The van der Waals surface area contributed by atoms with E-state index in [1.807, 2.05) is 23.9 Å². The highest BCUT2D eigenvalue weighted by Gasteiger charge is 1.92. The van der Waals surface area contributed by atoms with E-state index >= 15 is 0 Å². The smallest absolute Gasteiger partial charge is 0.126 e. The summed E-state index contributed by atoms with van der Waals surface area (Å²) in [5.41, 5.74) is 6.23. The lowest BCUT2D eigenvalue weighted by molar-refractivity contribution is 0.840. The molecule has 0 bridgehead atoms. The third-order valence-electron chi connectivity index (χ3n) is 1.87. The number of nitrogens with one attached hydrogen (secondary N) is 1. The Balaban J connectivity index is 2.15. The Morgan fingerprint density at radius 1 is 1.43 bits per heavy atom. The van der Waals surface area contributed by atoms with E-state index in [0.29, 0.717) is 5.69 Å². The lowest BCUT2D eigenvalue weighted by Crippen LogP contribution is -2.03. The van der Waals surface area contributed by atoms with Crippen molar-refractivity contribution in [1.82, 2.24) is 4.98 Å². The highest BCUT2D eigenvalue weighted by Crippen LogP contribution is 2.06. The van der Waals surface area contributed by atoms with Gasteiger partial charge in [-0.15, -0.1) is 0 Å². The predicted octanol–water partition coefficient (Wildman–Crippen LogP) is 2.22. The van der Waals surface area contributed by atoms with Crippen molar-refractivity contribution < 1.29 is 0 Å². The number of nitrogens with two attached hydrogens (primary N) is 1. The highest BCUT2D eigenvalue weighted by molar-refractivity contribution is 7.98. The molecule has 1 aromatic rings. The quantitative estimate of drug-likeness (QED) is 0.708. The molecule has 0 aliphatic carbocycles. The maximum absolute atomic E-state index is 5.53. The maximum Gasteiger partial charge on any atom is 0.126 e. The molecule has 0 atom stereocenters. The minimum absolute atomic E-state index is 0.706. The van der Waals surface area contributed by atoms with Crippen molar-refractivity contribution >= 4 is 23.3 Å². The molecule has 4 heteroatoms. The fraction of sp³-hybridized carbons (Fsp3) is 0.500. The van der Waals surface area contributed by atoms with E-state index in [1.54, 1.807) is 6.20 Å². The van der Waals surface area contributed by atoms with Gasteiger partial charge in [-0.3, -0.25) is 0 Å². The fourth-order valence-electron chi connectivity index (χ4n) is 1.10. The molecule has 0 aliphatic heterocycles. The first kappa shape index (κ1) is 11.2. The number of unbranched alkanes of at least 4 members (excludes halogenated alkanes) is 1. The third kappa shape index (κ3) is 4.37. The Bertz CT molecular complexity index is 248. The Morgan fingerprint density at radius 2 is 2.29 bits per heavy atom. The highest BCUT2D eigenvalue weighted by atomic mass is 32.2. The summed E-state index contributed by atoms with van der Waals surface area (Å²) in [6.07, 6.45) is 6.25. The molecule has 0 aliphatic rings. The van der Waals surface area contributed by atoms with Crippen molar-refractivity contribution in [1.29, 1.82) is 0 Å². The first-order chi connectivity index (χ1) is 6.83. The molecule has 0 radical (unpaired) electrons. The molecule has 1 rings (SSSR count). The molecular weight excluding hydrogens is 194 g/mol. The summed E-state index contributed by atoms with van der Waals surface area (Å²) in [4.78, 5) is 4.15. The van der Waals surface area contributed by atoms with Crippen LogP contribution in [0.2, 0.25) is 0 Å². The molecule has 1 heterocycles. The number of hydrogen-bond donors (Lipinski definition) is 2. The van der Waals surface area contributed by atoms with Crippen molar-refractivity contribution in [3.05, 3.63) is 18.3 Å². The zero-order chi connectivity index (χ0) is 10.2. The molecule has 0 unspecified atom stereocenters. The zero-order valence-electron chi connectivity index (χ0n) is 8.49. The molecular formula is C10H17N3S. The third-order valence-corrected chi connectivity index (χ3v) is 2.56. The Hall–Kier alpha value is -0.900. The van der Waals surface area contributed by atoms with Crippen molar-refractivity contribution in [2.75, 3.05) is 29.6 Å². The minimum atomic E-state index is 0.706. The summed E-state index contributed by atoms with van der Waals surface area (Å²) in [5.74, 6) is 2.14. The van der Waals surface area contributed by atoms with Gasteiger partial charge in [-0.05, 0) is 37.0 Å². The Kier molecular flexibility index (Phi) is 5.22. The van der Waals surface area contributed by atoms with Crippen LogP contribution in [0.5, 0.6) is 0 Å². The second-order valence-electron chi connectivity index (χ2n) is 3.10. The Labute approximate surface area is 89.5 Å². The van der Waals surface area contributed by atoms with Crippen molar-refractivity contribution in [2.24, 2.45) is 0 Å². The average molecular weight is 211 g/mol. The summed E-state index contributed by atoms with van der Waals surface area (Å²) >= 11 is 1.89. The Morgan fingerprint density at radius 3 is 2.93 bits per heavy atom. The van der Waals surface area contributed by atoms with E-state index in [1.165, 1.54) is 18.6 Å². The normalized spacial score (nSPS) is 10.1. The van der Waals surface area contributed by atoms with Crippen LogP contribution in [0, 0.1) is 0 Å². The van der Waals surface area contributed by atoms with Gasteiger partial charge in [-0.1, -0.05) is 0 Å². The van der Waals surface area contributed by atoms with Gasteiger partial charge < -0.3 is 11.1 Å². The number of nitrogen functional groups attached to an aromatic ring is 1. The van der Waals surface area contributed by atoms with Crippen LogP contribution in [0.4, 0.5) is 11.5 Å². The lowest BCUT2D eigenvalue weighted by atomic mass is 10.3.